The number of carboxylic acid groups (broad SMARTS) is 1. The van der Waals surface area contributed by atoms with Gasteiger partial charge in [0.15, 0.2) is 0 Å². The zero-order valence-corrected chi connectivity index (χ0v) is 9.84. The first-order chi connectivity index (χ1) is 8.18. The molecule has 1 aliphatic heterocycles. The zero-order valence-electron chi connectivity index (χ0n) is 9.84. The summed E-state index contributed by atoms with van der Waals surface area (Å²) in [6.45, 7) is 4.07. The van der Waals surface area contributed by atoms with Gasteiger partial charge in [-0.15, -0.1) is 0 Å². The number of hydrogen-bond acceptors (Lipinski definition) is 4. The molecule has 0 aliphatic carbocycles. The lowest BCUT2D eigenvalue weighted by Crippen LogP contribution is -2.55. The van der Waals surface area contributed by atoms with Gasteiger partial charge in [-0.25, -0.2) is 4.98 Å². The summed E-state index contributed by atoms with van der Waals surface area (Å²) in [7, 11) is 0. The Morgan fingerprint density at radius 3 is 3.12 bits per heavy atom. The molecule has 1 aliphatic rings. The van der Waals surface area contributed by atoms with Crippen molar-refractivity contribution >= 4 is 11.8 Å². The summed E-state index contributed by atoms with van der Waals surface area (Å²) in [5, 5.41) is 12.3. The lowest BCUT2D eigenvalue weighted by molar-refractivity contribution is -0.142. The number of carboxylic acids is 1. The van der Waals surface area contributed by atoms with Crippen LogP contribution in [0.1, 0.15) is 6.92 Å². The zero-order chi connectivity index (χ0) is 12.3. The molecule has 1 aromatic rings. The third-order valence-electron chi connectivity index (χ3n) is 3.17. The number of carbonyl (C=O) groups is 1. The Morgan fingerprint density at radius 2 is 2.47 bits per heavy atom. The SMILES string of the molecule is CC(C(=O)O)C1CN(c2ccccn2)CCN1. The van der Waals surface area contributed by atoms with Crippen LogP contribution < -0.4 is 10.2 Å². The normalized spacial score (nSPS) is 22.2. The van der Waals surface area contributed by atoms with E-state index < -0.39 is 5.97 Å². The molecule has 1 aromatic heterocycles. The van der Waals surface area contributed by atoms with Gasteiger partial charge in [0.2, 0.25) is 0 Å². The summed E-state index contributed by atoms with van der Waals surface area (Å²) in [4.78, 5) is 17.4. The van der Waals surface area contributed by atoms with E-state index in [9.17, 15) is 4.79 Å². The van der Waals surface area contributed by atoms with Crippen molar-refractivity contribution in [1.29, 1.82) is 0 Å². The van der Waals surface area contributed by atoms with E-state index in [1.165, 1.54) is 0 Å². The van der Waals surface area contributed by atoms with Crippen LogP contribution in [0.25, 0.3) is 0 Å². The monoisotopic (exact) mass is 235 g/mol. The summed E-state index contributed by atoms with van der Waals surface area (Å²) in [5.41, 5.74) is 0. The predicted octanol–water partition coefficient (Wildman–Crippen LogP) is 0.580. The molecule has 2 atom stereocenters. The molecule has 2 heterocycles. The third kappa shape index (κ3) is 2.74. The molecule has 0 aromatic carbocycles. The number of nitrogens with one attached hydrogen (secondary N) is 1. The maximum Gasteiger partial charge on any atom is 0.307 e. The van der Waals surface area contributed by atoms with Crippen molar-refractivity contribution < 1.29 is 9.90 Å². The Labute approximate surface area is 100 Å². The molecule has 1 fully saturated rings. The van der Waals surface area contributed by atoms with Crippen molar-refractivity contribution in [2.45, 2.75) is 13.0 Å². The molecule has 0 bridgehead atoms. The molecule has 92 valence electrons. The van der Waals surface area contributed by atoms with E-state index in [1.807, 2.05) is 18.2 Å². The highest BCUT2D eigenvalue weighted by Gasteiger charge is 2.28. The molecule has 2 rings (SSSR count). The second-order valence-electron chi connectivity index (χ2n) is 4.32. The topological polar surface area (TPSA) is 65.5 Å². The Bertz CT molecular complexity index is 383. The van der Waals surface area contributed by atoms with Crippen LogP contribution in [-0.4, -0.2) is 41.7 Å². The summed E-state index contributed by atoms with van der Waals surface area (Å²) >= 11 is 0. The molecule has 0 saturated carbocycles. The van der Waals surface area contributed by atoms with Gasteiger partial charge >= 0.3 is 5.97 Å². The average molecular weight is 235 g/mol. The van der Waals surface area contributed by atoms with Crippen molar-refractivity contribution in [3.63, 3.8) is 0 Å². The molecular formula is C12H17N3O2. The van der Waals surface area contributed by atoms with Gasteiger partial charge in [-0.2, -0.15) is 0 Å². The van der Waals surface area contributed by atoms with E-state index in [2.05, 4.69) is 15.2 Å². The van der Waals surface area contributed by atoms with Gasteiger partial charge in [0.25, 0.3) is 0 Å². The minimum atomic E-state index is -0.759. The first kappa shape index (κ1) is 11.9. The van der Waals surface area contributed by atoms with E-state index in [1.54, 1.807) is 13.1 Å². The van der Waals surface area contributed by atoms with Gasteiger partial charge in [0, 0.05) is 31.9 Å². The lowest BCUT2D eigenvalue weighted by Gasteiger charge is -2.36. The molecule has 1 saturated heterocycles. The summed E-state index contributed by atoms with van der Waals surface area (Å²) < 4.78 is 0. The number of rotatable bonds is 3. The molecule has 5 nitrogen and oxygen atoms in total. The third-order valence-corrected chi connectivity index (χ3v) is 3.17. The van der Waals surface area contributed by atoms with E-state index >= 15 is 0 Å². The number of hydrogen-bond donors (Lipinski definition) is 2. The quantitative estimate of drug-likeness (QED) is 0.802. The van der Waals surface area contributed by atoms with E-state index in [0.717, 1.165) is 18.9 Å². The molecule has 2 unspecified atom stereocenters. The van der Waals surface area contributed by atoms with Crippen LogP contribution in [0, 0.1) is 5.92 Å². The highest BCUT2D eigenvalue weighted by molar-refractivity contribution is 5.70. The fourth-order valence-electron chi connectivity index (χ4n) is 2.03. The number of aromatic nitrogens is 1. The number of pyridine rings is 1. The lowest BCUT2D eigenvalue weighted by atomic mass is 10.00. The van der Waals surface area contributed by atoms with Gasteiger partial charge < -0.3 is 15.3 Å². The van der Waals surface area contributed by atoms with Gasteiger partial charge in [0.05, 0.1) is 5.92 Å². The summed E-state index contributed by atoms with van der Waals surface area (Å²) in [6.07, 6.45) is 1.76. The van der Waals surface area contributed by atoms with Crippen LogP contribution in [0.5, 0.6) is 0 Å². The van der Waals surface area contributed by atoms with Gasteiger partial charge in [0.1, 0.15) is 5.82 Å². The largest absolute Gasteiger partial charge is 0.481 e. The number of nitrogens with zero attached hydrogens (tertiary/aromatic N) is 2. The van der Waals surface area contributed by atoms with Gasteiger partial charge in [-0.3, -0.25) is 4.79 Å². The summed E-state index contributed by atoms with van der Waals surface area (Å²) in [5.74, 6) is -0.233. The van der Waals surface area contributed by atoms with Crippen LogP contribution in [0.2, 0.25) is 0 Å². The Morgan fingerprint density at radius 1 is 1.65 bits per heavy atom. The summed E-state index contributed by atoms with van der Waals surface area (Å²) in [6, 6.07) is 5.75. The maximum absolute atomic E-state index is 11.0. The highest BCUT2D eigenvalue weighted by atomic mass is 16.4. The van der Waals surface area contributed by atoms with Crippen LogP contribution in [-0.2, 0) is 4.79 Å². The molecule has 0 amide bonds. The molecular weight excluding hydrogens is 218 g/mol. The average Bonchev–Trinajstić information content (AvgIpc) is 2.39. The van der Waals surface area contributed by atoms with Crippen LogP contribution in [0.15, 0.2) is 24.4 Å². The molecule has 5 heteroatoms. The molecule has 0 radical (unpaired) electrons. The predicted molar refractivity (Wildman–Crippen MR) is 65.0 cm³/mol. The molecule has 17 heavy (non-hydrogen) atoms. The van der Waals surface area contributed by atoms with E-state index in [0.29, 0.717) is 6.54 Å². The first-order valence-corrected chi connectivity index (χ1v) is 5.80. The van der Waals surface area contributed by atoms with E-state index in [-0.39, 0.29) is 12.0 Å². The van der Waals surface area contributed by atoms with Crippen molar-refractivity contribution in [3.8, 4) is 0 Å². The first-order valence-electron chi connectivity index (χ1n) is 5.80. The maximum atomic E-state index is 11.0. The van der Waals surface area contributed by atoms with Crippen LogP contribution >= 0.6 is 0 Å². The fraction of sp³-hybridized carbons (Fsp3) is 0.500. The van der Waals surface area contributed by atoms with Crippen LogP contribution in [0.3, 0.4) is 0 Å². The smallest absolute Gasteiger partial charge is 0.307 e. The van der Waals surface area contributed by atoms with E-state index in [4.69, 9.17) is 5.11 Å². The number of anilines is 1. The Hall–Kier alpha value is -1.62. The molecule has 2 N–H and O–H groups in total. The number of piperazine rings is 1. The van der Waals surface area contributed by atoms with Crippen LogP contribution in [0.4, 0.5) is 5.82 Å². The highest BCUT2D eigenvalue weighted by Crippen LogP contribution is 2.15. The standard InChI is InChI=1S/C12H17N3O2/c1-9(12(16)17)10-8-15(7-6-13-10)11-4-2-3-5-14-11/h2-5,9-10,13H,6-8H2,1H3,(H,16,17). The minimum absolute atomic E-state index is 0.0248. The van der Waals surface area contributed by atoms with Crippen molar-refractivity contribution in [1.82, 2.24) is 10.3 Å². The van der Waals surface area contributed by atoms with Gasteiger partial charge in [-0.1, -0.05) is 13.0 Å². The fourth-order valence-corrected chi connectivity index (χ4v) is 2.03. The van der Waals surface area contributed by atoms with Gasteiger partial charge in [-0.05, 0) is 12.1 Å². The second kappa shape index (κ2) is 5.14. The minimum Gasteiger partial charge on any atom is -0.481 e. The number of aliphatic carboxylic acids is 1. The van der Waals surface area contributed by atoms with Crippen molar-refractivity contribution in [2.75, 3.05) is 24.5 Å². The van der Waals surface area contributed by atoms with Crippen molar-refractivity contribution in [2.24, 2.45) is 5.92 Å². The Kier molecular flexibility index (Phi) is 3.58. The second-order valence-corrected chi connectivity index (χ2v) is 4.32. The molecule has 0 spiro atoms. The van der Waals surface area contributed by atoms with Crippen molar-refractivity contribution in [3.05, 3.63) is 24.4 Å². The Balaban J connectivity index is 2.05.